The summed E-state index contributed by atoms with van der Waals surface area (Å²) < 4.78 is 26.5. The number of halogens is 1. The van der Waals surface area contributed by atoms with Crippen molar-refractivity contribution < 1.29 is 8.42 Å². The van der Waals surface area contributed by atoms with Crippen LogP contribution in [0.25, 0.3) is 0 Å². The Balaban J connectivity index is 3.23. The lowest BCUT2D eigenvalue weighted by atomic mass is 10.4. The summed E-state index contributed by atoms with van der Waals surface area (Å²) in [5.74, 6) is 0. The van der Waals surface area contributed by atoms with Gasteiger partial charge in [0.05, 0.1) is 4.90 Å². The number of sulfonamides is 1. The second kappa shape index (κ2) is 5.27. The van der Waals surface area contributed by atoms with Crippen molar-refractivity contribution in [1.29, 1.82) is 0 Å². The molecule has 5 heteroatoms. The highest BCUT2D eigenvalue weighted by molar-refractivity contribution is 14.1. The number of hydrogen-bond donors (Lipinski definition) is 0. The molecule has 1 rings (SSSR count). The van der Waals surface area contributed by atoms with Gasteiger partial charge in [0, 0.05) is 16.7 Å². The van der Waals surface area contributed by atoms with E-state index in [0.717, 1.165) is 3.57 Å². The standard InChI is InChI=1S/C10H14INO2S/c1-3-12(4-2)15(13,14)10-8-6-5-7-9(10)11/h5-8H,3-4H2,1-2H3. The molecule has 15 heavy (non-hydrogen) atoms. The van der Waals surface area contributed by atoms with E-state index < -0.39 is 10.0 Å². The fraction of sp³-hybridized carbons (Fsp3) is 0.400. The fourth-order valence-electron chi connectivity index (χ4n) is 1.36. The molecule has 0 atom stereocenters. The molecule has 0 saturated heterocycles. The molecule has 0 aliphatic carbocycles. The quantitative estimate of drug-likeness (QED) is 0.790. The minimum absolute atomic E-state index is 0.398. The first kappa shape index (κ1) is 12.9. The van der Waals surface area contributed by atoms with E-state index in [0.29, 0.717) is 18.0 Å². The molecule has 0 saturated carbocycles. The molecule has 0 amide bonds. The predicted molar refractivity (Wildman–Crippen MR) is 69.3 cm³/mol. The van der Waals surface area contributed by atoms with Crippen molar-refractivity contribution in [3.8, 4) is 0 Å². The first-order valence-corrected chi connectivity index (χ1v) is 7.30. The molecule has 3 nitrogen and oxygen atoms in total. The van der Waals surface area contributed by atoms with Crippen LogP contribution in [0.2, 0.25) is 0 Å². The predicted octanol–water partition coefficient (Wildman–Crippen LogP) is 2.32. The van der Waals surface area contributed by atoms with Gasteiger partial charge in [-0.15, -0.1) is 0 Å². The summed E-state index contributed by atoms with van der Waals surface area (Å²) in [4.78, 5) is 0.398. The van der Waals surface area contributed by atoms with Gasteiger partial charge in [-0.05, 0) is 34.7 Å². The van der Waals surface area contributed by atoms with Gasteiger partial charge >= 0.3 is 0 Å². The Morgan fingerprint density at radius 3 is 2.20 bits per heavy atom. The summed E-state index contributed by atoms with van der Waals surface area (Å²) in [5.41, 5.74) is 0. The van der Waals surface area contributed by atoms with Gasteiger partial charge in [0.2, 0.25) is 10.0 Å². The summed E-state index contributed by atoms with van der Waals surface area (Å²) in [6, 6.07) is 7.04. The third-order valence-electron chi connectivity index (χ3n) is 2.16. The molecule has 0 spiro atoms. The van der Waals surface area contributed by atoms with E-state index in [1.54, 1.807) is 18.2 Å². The normalized spacial score (nSPS) is 12.0. The van der Waals surface area contributed by atoms with Gasteiger partial charge in [-0.25, -0.2) is 8.42 Å². The highest BCUT2D eigenvalue weighted by Gasteiger charge is 2.23. The molecule has 1 aromatic carbocycles. The van der Waals surface area contributed by atoms with Crippen LogP contribution in [0.15, 0.2) is 29.2 Å². The van der Waals surface area contributed by atoms with Crippen molar-refractivity contribution in [3.05, 3.63) is 27.8 Å². The molecule has 1 aromatic rings. The lowest BCUT2D eigenvalue weighted by Gasteiger charge is -2.19. The van der Waals surface area contributed by atoms with Gasteiger partial charge in [0.1, 0.15) is 0 Å². The number of hydrogen-bond acceptors (Lipinski definition) is 2. The average molecular weight is 339 g/mol. The van der Waals surface area contributed by atoms with Crippen molar-refractivity contribution in [2.24, 2.45) is 0 Å². The summed E-state index contributed by atoms with van der Waals surface area (Å²) in [7, 11) is -3.31. The van der Waals surface area contributed by atoms with Crippen LogP contribution in [-0.2, 0) is 10.0 Å². The molecular formula is C10H14INO2S. The lowest BCUT2D eigenvalue weighted by Crippen LogP contribution is -2.31. The van der Waals surface area contributed by atoms with Crippen LogP contribution in [0.3, 0.4) is 0 Å². The molecule has 84 valence electrons. The number of rotatable bonds is 4. The van der Waals surface area contributed by atoms with Gasteiger partial charge in [-0.3, -0.25) is 0 Å². The van der Waals surface area contributed by atoms with E-state index in [2.05, 4.69) is 0 Å². The fourth-order valence-corrected chi connectivity index (χ4v) is 4.10. The first-order chi connectivity index (χ1) is 7.04. The molecular weight excluding hydrogens is 325 g/mol. The van der Waals surface area contributed by atoms with E-state index >= 15 is 0 Å². The van der Waals surface area contributed by atoms with E-state index in [1.807, 2.05) is 42.5 Å². The summed E-state index contributed by atoms with van der Waals surface area (Å²) in [6.45, 7) is 4.70. The first-order valence-electron chi connectivity index (χ1n) is 4.78. The highest BCUT2D eigenvalue weighted by atomic mass is 127. The van der Waals surface area contributed by atoms with Crippen LogP contribution >= 0.6 is 22.6 Å². The summed E-state index contributed by atoms with van der Waals surface area (Å²) >= 11 is 2.05. The van der Waals surface area contributed by atoms with Gasteiger partial charge in [-0.1, -0.05) is 26.0 Å². The van der Waals surface area contributed by atoms with E-state index in [-0.39, 0.29) is 0 Å². The third-order valence-corrected chi connectivity index (χ3v) is 5.57. The zero-order chi connectivity index (χ0) is 11.5. The Bertz CT molecular complexity index is 427. The summed E-state index contributed by atoms with van der Waals surface area (Å²) in [5, 5.41) is 0. The second-order valence-corrected chi connectivity index (χ2v) is 6.09. The lowest BCUT2D eigenvalue weighted by molar-refractivity contribution is 0.445. The van der Waals surface area contributed by atoms with Crippen molar-refractivity contribution in [2.45, 2.75) is 18.7 Å². The van der Waals surface area contributed by atoms with Crippen LogP contribution in [0.5, 0.6) is 0 Å². The topological polar surface area (TPSA) is 37.4 Å². The molecule has 0 unspecified atom stereocenters. The molecule has 0 aliphatic rings. The minimum Gasteiger partial charge on any atom is -0.207 e. The van der Waals surface area contributed by atoms with Gasteiger partial charge < -0.3 is 0 Å². The maximum Gasteiger partial charge on any atom is 0.244 e. The smallest absolute Gasteiger partial charge is 0.207 e. The number of nitrogens with zero attached hydrogens (tertiary/aromatic N) is 1. The van der Waals surface area contributed by atoms with Crippen molar-refractivity contribution in [1.82, 2.24) is 4.31 Å². The van der Waals surface area contributed by atoms with E-state index in [4.69, 9.17) is 0 Å². The molecule has 0 bridgehead atoms. The van der Waals surface area contributed by atoms with Crippen molar-refractivity contribution in [3.63, 3.8) is 0 Å². The Kier molecular flexibility index (Phi) is 4.54. The minimum atomic E-state index is -3.31. The average Bonchev–Trinajstić information content (AvgIpc) is 2.19. The van der Waals surface area contributed by atoms with Crippen LogP contribution < -0.4 is 0 Å². The van der Waals surface area contributed by atoms with Crippen molar-refractivity contribution >= 4 is 32.6 Å². The molecule has 0 aromatic heterocycles. The second-order valence-electron chi connectivity index (χ2n) is 3.02. The van der Waals surface area contributed by atoms with Gasteiger partial charge in [0.15, 0.2) is 0 Å². The van der Waals surface area contributed by atoms with Gasteiger partial charge in [-0.2, -0.15) is 4.31 Å². The number of benzene rings is 1. The van der Waals surface area contributed by atoms with E-state index in [1.165, 1.54) is 4.31 Å². The molecule has 0 aliphatic heterocycles. The zero-order valence-corrected chi connectivity index (χ0v) is 11.7. The maximum atomic E-state index is 12.1. The van der Waals surface area contributed by atoms with Gasteiger partial charge in [0.25, 0.3) is 0 Å². The Hall–Kier alpha value is -0.140. The SMILES string of the molecule is CCN(CC)S(=O)(=O)c1ccccc1I. The Labute approximate surface area is 105 Å². The van der Waals surface area contributed by atoms with Crippen molar-refractivity contribution in [2.75, 3.05) is 13.1 Å². The maximum absolute atomic E-state index is 12.1. The van der Waals surface area contributed by atoms with Crippen LogP contribution in [0, 0.1) is 3.57 Å². The van der Waals surface area contributed by atoms with Crippen LogP contribution in [0.1, 0.15) is 13.8 Å². The highest BCUT2D eigenvalue weighted by Crippen LogP contribution is 2.21. The molecule has 0 heterocycles. The Morgan fingerprint density at radius 2 is 1.73 bits per heavy atom. The summed E-state index contributed by atoms with van der Waals surface area (Å²) in [6.07, 6.45) is 0. The molecule has 0 fully saturated rings. The van der Waals surface area contributed by atoms with Crippen LogP contribution in [0.4, 0.5) is 0 Å². The molecule has 0 radical (unpaired) electrons. The van der Waals surface area contributed by atoms with E-state index in [9.17, 15) is 8.42 Å². The molecule has 0 N–H and O–H groups in total. The third kappa shape index (κ3) is 2.70. The zero-order valence-electron chi connectivity index (χ0n) is 8.77. The monoisotopic (exact) mass is 339 g/mol. The Morgan fingerprint density at radius 1 is 1.20 bits per heavy atom. The largest absolute Gasteiger partial charge is 0.244 e. The van der Waals surface area contributed by atoms with Crippen LogP contribution in [-0.4, -0.2) is 25.8 Å².